The second-order valence-electron chi connectivity index (χ2n) is 7.21. The Labute approximate surface area is 168 Å². The first kappa shape index (κ1) is 20.3. The molecule has 1 fully saturated rings. The molecule has 3 rings (SSSR count). The van der Waals surface area contributed by atoms with Crippen molar-refractivity contribution >= 4 is 23.7 Å². The van der Waals surface area contributed by atoms with Gasteiger partial charge in [-0.15, -0.1) is 0 Å². The highest BCUT2D eigenvalue weighted by atomic mass is 16.5. The van der Waals surface area contributed by atoms with Crippen molar-refractivity contribution in [2.75, 3.05) is 13.2 Å². The number of nitrogens with one attached hydrogen (secondary N) is 1. The van der Waals surface area contributed by atoms with Crippen molar-refractivity contribution in [3.8, 4) is 0 Å². The van der Waals surface area contributed by atoms with Gasteiger partial charge in [0.15, 0.2) is 6.61 Å². The number of Topliss-reactive ketones (excluding diaryl/α,β-unsaturated/α-hetero) is 1. The monoisotopic (exact) mass is 394 g/mol. The van der Waals surface area contributed by atoms with Crippen molar-refractivity contribution in [1.29, 1.82) is 0 Å². The van der Waals surface area contributed by atoms with Gasteiger partial charge < -0.3 is 10.1 Å². The highest BCUT2D eigenvalue weighted by Crippen LogP contribution is 2.28. The fraction of sp³-hybridized carbons (Fsp3) is 0.273. The number of amides is 3. The zero-order chi connectivity index (χ0) is 21.2. The third-order valence-electron chi connectivity index (χ3n) is 4.96. The van der Waals surface area contributed by atoms with Crippen LogP contribution in [0, 0.1) is 13.8 Å². The molecule has 1 atom stereocenters. The van der Waals surface area contributed by atoms with Gasteiger partial charge in [0.25, 0.3) is 5.91 Å². The molecule has 150 valence electrons. The normalized spacial score (nSPS) is 18.5. The molecule has 1 saturated heterocycles. The summed E-state index contributed by atoms with van der Waals surface area (Å²) in [5.41, 5.74) is 1.64. The number of carbonyl (C=O) groups is 4. The van der Waals surface area contributed by atoms with Crippen LogP contribution in [-0.2, 0) is 19.9 Å². The van der Waals surface area contributed by atoms with Gasteiger partial charge in [-0.05, 0) is 31.9 Å². The van der Waals surface area contributed by atoms with Crippen LogP contribution in [0.4, 0.5) is 4.79 Å². The Kier molecular flexibility index (Phi) is 5.50. The van der Waals surface area contributed by atoms with Crippen LogP contribution in [0.25, 0.3) is 0 Å². The van der Waals surface area contributed by atoms with Crippen molar-refractivity contribution in [1.82, 2.24) is 10.2 Å². The number of hydrogen-bond acceptors (Lipinski definition) is 5. The highest BCUT2D eigenvalue weighted by Gasteiger charge is 2.49. The van der Waals surface area contributed by atoms with E-state index < -0.39 is 36.6 Å². The first-order valence-corrected chi connectivity index (χ1v) is 9.18. The minimum absolute atomic E-state index is 0.345. The first-order valence-electron chi connectivity index (χ1n) is 9.18. The minimum atomic E-state index is -1.26. The molecule has 29 heavy (non-hydrogen) atoms. The number of carbonyl (C=O) groups excluding carboxylic acids is 4. The van der Waals surface area contributed by atoms with E-state index in [4.69, 9.17) is 4.74 Å². The van der Waals surface area contributed by atoms with E-state index in [-0.39, 0.29) is 5.78 Å². The Balaban J connectivity index is 1.63. The average molecular weight is 394 g/mol. The molecular formula is C22H22N2O5. The number of aryl methyl sites for hydroxylation is 2. The van der Waals surface area contributed by atoms with E-state index >= 15 is 0 Å². The summed E-state index contributed by atoms with van der Waals surface area (Å²) in [6, 6.07) is 13.4. The molecule has 7 nitrogen and oxygen atoms in total. The summed E-state index contributed by atoms with van der Waals surface area (Å²) in [4.78, 5) is 50.3. The molecule has 0 spiro atoms. The Morgan fingerprint density at radius 2 is 1.76 bits per heavy atom. The fourth-order valence-electron chi connectivity index (χ4n) is 3.33. The number of nitrogens with zero attached hydrogens (tertiary/aromatic N) is 1. The number of ketones is 1. The van der Waals surface area contributed by atoms with Crippen molar-refractivity contribution in [2.45, 2.75) is 26.3 Å². The smallest absolute Gasteiger partial charge is 0.326 e. The molecule has 7 heteroatoms. The standard InChI is InChI=1S/C22H22N2O5/c1-14-9-10-17(15(2)11-14)18(25)13-29-19(26)12-24-20(27)22(3,23-21(24)28)16-7-5-4-6-8-16/h4-11H,12-13H2,1-3H3,(H,23,28)/t22-/m0/s1. The van der Waals surface area contributed by atoms with Gasteiger partial charge in [0.2, 0.25) is 5.78 Å². The van der Waals surface area contributed by atoms with E-state index in [1.165, 1.54) is 0 Å². The SMILES string of the molecule is Cc1ccc(C(=O)COC(=O)CN2C(=O)N[C@@](C)(c3ccccc3)C2=O)c(C)c1. The van der Waals surface area contributed by atoms with Gasteiger partial charge in [-0.25, -0.2) is 4.79 Å². The van der Waals surface area contributed by atoms with Crippen LogP contribution in [0.15, 0.2) is 48.5 Å². The number of hydrogen-bond donors (Lipinski definition) is 1. The number of imide groups is 1. The van der Waals surface area contributed by atoms with E-state index in [1.54, 1.807) is 56.3 Å². The van der Waals surface area contributed by atoms with Crippen LogP contribution in [0.3, 0.4) is 0 Å². The number of urea groups is 1. The number of esters is 1. The predicted molar refractivity (Wildman–Crippen MR) is 105 cm³/mol. The lowest BCUT2D eigenvalue weighted by molar-refractivity contribution is -0.146. The van der Waals surface area contributed by atoms with Gasteiger partial charge >= 0.3 is 12.0 Å². The van der Waals surface area contributed by atoms with Gasteiger partial charge in [0.1, 0.15) is 12.1 Å². The molecule has 3 amide bonds. The maximum Gasteiger partial charge on any atom is 0.326 e. The highest BCUT2D eigenvalue weighted by molar-refractivity contribution is 6.09. The molecule has 0 aromatic heterocycles. The summed E-state index contributed by atoms with van der Waals surface area (Å²) in [7, 11) is 0. The molecular weight excluding hydrogens is 372 g/mol. The number of ether oxygens (including phenoxy) is 1. The molecule has 0 unspecified atom stereocenters. The van der Waals surface area contributed by atoms with E-state index in [2.05, 4.69) is 5.32 Å². The van der Waals surface area contributed by atoms with Gasteiger partial charge in [0.05, 0.1) is 0 Å². The largest absolute Gasteiger partial charge is 0.456 e. The summed E-state index contributed by atoms with van der Waals surface area (Å²) >= 11 is 0. The molecule has 0 saturated carbocycles. The quantitative estimate of drug-likeness (QED) is 0.462. The van der Waals surface area contributed by atoms with E-state index in [1.807, 2.05) is 13.0 Å². The fourth-order valence-corrected chi connectivity index (χ4v) is 3.33. The summed E-state index contributed by atoms with van der Waals surface area (Å²) in [5, 5.41) is 2.62. The van der Waals surface area contributed by atoms with E-state index in [9.17, 15) is 19.2 Å². The van der Waals surface area contributed by atoms with Crippen LogP contribution in [-0.4, -0.2) is 41.7 Å². The second kappa shape index (κ2) is 7.87. The molecule has 1 N–H and O–H groups in total. The Hall–Kier alpha value is -3.48. The molecule has 2 aromatic carbocycles. The molecule has 1 aliphatic heterocycles. The molecule has 0 bridgehead atoms. The van der Waals surface area contributed by atoms with Gasteiger partial charge in [0, 0.05) is 5.56 Å². The molecule has 0 radical (unpaired) electrons. The zero-order valence-electron chi connectivity index (χ0n) is 16.5. The Bertz CT molecular complexity index is 986. The lowest BCUT2D eigenvalue weighted by atomic mass is 9.92. The molecule has 0 aliphatic carbocycles. The van der Waals surface area contributed by atoms with Gasteiger partial charge in [-0.1, -0.05) is 54.1 Å². The summed E-state index contributed by atoms with van der Waals surface area (Å²) in [6.45, 7) is 4.29. The lowest BCUT2D eigenvalue weighted by Gasteiger charge is -2.21. The summed E-state index contributed by atoms with van der Waals surface area (Å²) < 4.78 is 5.01. The first-order chi connectivity index (χ1) is 13.7. The van der Waals surface area contributed by atoms with Crippen LogP contribution >= 0.6 is 0 Å². The molecule has 2 aromatic rings. The van der Waals surface area contributed by atoms with Crippen molar-refractivity contribution in [3.63, 3.8) is 0 Å². The topological polar surface area (TPSA) is 92.8 Å². The maximum absolute atomic E-state index is 12.8. The van der Waals surface area contributed by atoms with Crippen molar-refractivity contribution in [3.05, 3.63) is 70.8 Å². The minimum Gasteiger partial charge on any atom is -0.456 e. The number of rotatable bonds is 6. The van der Waals surface area contributed by atoms with Gasteiger partial charge in [-0.2, -0.15) is 0 Å². The number of benzene rings is 2. The van der Waals surface area contributed by atoms with E-state index in [0.717, 1.165) is 16.0 Å². The maximum atomic E-state index is 12.8. The summed E-state index contributed by atoms with van der Waals surface area (Å²) in [6.07, 6.45) is 0. The van der Waals surface area contributed by atoms with Crippen molar-refractivity contribution < 1.29 is 23.9 Å². The Morgan fingerprint density at radius 1 is 1.07 bits per heavy atom. The van der Waals surface area contributed by atoms with E-state index in [0.29, 0.717) is 11.1 Å². The molecule has 1 aliphatic rings. The summed E-state index contributed by atoms with van der Waals surface area (Å²) in [5.74, 6) is -1.72. The van der Waals surface area contributed by atoms with Crippen LogP contribution in [0.2, 0.25) is 0 Å². The van der Waals surface area contributed by atoms with Gasteiger partial charge in [-0.3, -0.25) is 19.3 Å². The third-order valence-corrected chi connectivity index (χ3v) is 4.96. The zero-order valence-corrected chi connectivity index (χ0v) is 16.5. The lowest BCUT2D eigenvalue weighted by Crippen LogP contribution is -2.41. The second-order valence-corrected chi connectivity index (χ2v) is 7.21. The molecule has 1 heterocycles. The third kappa shape index (κ3) is 4.03. The van der Waals surface area contributed by atoms with Crippen LogP contribution in [0.1, 0.15) is 34.0 Å². The average Bonchev–Trinajstić information content (AvgIpc) is 2.91. The Morgan fingerprint density at radius 3 is 2.41 bits per heavy atom. The van der Waals surface area contributed by atoms with Crippen LogP contribution in [0.5, 0.6) is 0 Å². The predicted octanol–water partition coefficient (Wildman–Crippen LogP) is 2.50. The van der Waals surface area contributed by atoms with Crippen LogP contribution < -0.4 is 5.32 Å². The van der Waals surface area contributed by atoms with Crippen molar-refractivity contribution in [2.24, 2.45) is 0 Å².